The lowest BCUT2D eigenvalue weighted by Gasteiger charge is -2.18. The normalized spacial score (nSPS) is 19.8. The molecule has 114 valence electrons. The number of halogens is 1. The molecule has 1 atom stereocenters. The van der Waals surface area contributed by atoms with Gasteiger partial charge in [-0.1, -0.05) is 27.7 Å². The summed E-state index contributed by atoms with van der Waals surface area (Å²) >= 11 is 4.52. The van der Waals surface area contributed by atoms with Gasteiger partial charge in [-0.2, -0.15) is 5.26 Å². The van der Waals surface area contributed by atoms with E-state index >= 15 is 0 Å². The smallest absolute Gasteiger partial charge is 0.351 e. The van der Waals surface area contributed by atoms with Crippen LogP contribution < -0.4 is 4.90 Å². The van der Waals surface area contributed by atoms with Gasteiger partial charge in [0.15, 0.2) is 5.57 Å². The number of hydrogen-bond acceptors (Lipinski definition) is 5. The van der Waals surface area contributed by atoms with Crippen LogP contribution in [0.4, 0.5) is 5.69 Å². The van der Waals surface area contributed by atoms with Crippen molar-refractivity contribution in [3.8, 4) is 6.07 Å². The van der Waals surface area contributed by atoms with E-state index < -0.39 is 5.97 Å². The number of anilines is 1. The minimum absolute atomic E-state index is 0.146. The van der Waals surface area contributed by atoms with Crippen molar-refractivity contribution in [1.29, 1.82) is 5.26 Å². The van der Waals surface area contributed by atoms with Crippen LogP contribution in [-0.4, -0.2) is 23.7 Å². The molecule has 1 heterocycles. The molecule has 1 aliphatic heterocycles. The van der Waals surface area contributed by atoms with Crippen LogP contribution in [0.1, 0.15) is 13.8 Å². The highest BCUT2D eigenvalue weighted by Crippen LogP contribution is 2.40. The van der Waals surface area contributed by atoms with Crippen molar-refractivity contribution in [2.24, 2.45) is 0 Å². The van der Waals surface area contributed by atoms with Crippen molar-refractivity contribution in [3.05, 3.63) is 39.3 Å². The van der Waals surface area contributed by atoms with Crippen molar-refractivity contribution in [1.82, 2.24) is 0 Å². The lowest BCUT2D eigenvalue weighted by Crippen LogP contribution is -2.28. The first-order valence-electron chi connectivity index (χ1n) is 6.57. The minimum Gasteiger partial charge on any atom is -0.462 e. The second-order valence-electron chi connectivity index (χ2n) is 4.42. The predicted octanol–water partition coefficient (Wildman–Crippen LogP) is 3.22. The summed E-state index contributed by atoms with van der Waals surface area (Å²) in [5, 5.41) is 9.25. The lowest BCUT2D eigenvalue weighted by molar-refractivity contribution is -0.138. The summed E-state index contributed by atoms with van der Waals surface area (Å²) in [6, 6.07) is 8.96. The second kappa shape index (κ2) is 6.99. The van der Waals surface area contributed by atoms with Gasteiger partial charge >= 0.3 is 5.97 Å². The Morgan fingerprint density at radius 1 is 1.45 bits per heavy atom. The van der Waals surface area contributed by atoms with E-state index in [0.717, 1.165) is 4.47 Å². The van der Waals surface area contributed by atoms with E-state index in [-0.39, 0.29) is 23.3 Å². The molecule has 0 saturated carbocycles. The summed E-state index contributed by atoms with van der Waals surface area (Å²) in [5.74, 6) is -0.879. The standard InChI is InChI=1S/C15H13BrN2O3S/c1-3-21-15(20)12(8-17)14-18(13(19)9(2)22-14)11-6-4-10(16)5-7-11/h4-7,9H,3H2,1-2H3/b14-12+/t9-/m1/s1. The number of carbonyl (C=O) groups excluding carboxylic acids is 2. The molecule has 1 aromatic rings. The van der Waals surface area contributed by atoms with Crippen molar-refractivity contribution < 1.29 is 14.3 Å². The van der Waals surface area contributed by atoms with Crippen LogP contribution in [0.5, 0.6) is 0 Å². The van der Waals surface area contributed by atoms with Crippen LogP contribution in [0.2, 0.25) is 0 Å². The predicted molar refractivity (Wildman–Crippen MR) is 88.0 cm³/mol. The van der Waals surface area contributed by atoms with Gasteiger partial charge in [0.2, 0.25) is 5.91 Å². The Morgan fingerprint density at radius 3 is 2.64 bits per heavy atom. The van der Waals surface area contributed by atoms with Gasteiger partial charge in [-0.15, -0.1) is 0 Å². The Labute approximate surface area is 141 Å². The number of benzene rings is 1. The molecular weight excluding hydrogens is 368 g/mol. The summed E-state index contributed by atoms with van der Waals surface area (Å²) in [7, 11) is 0. The highest BCUT2D eigenvalue weighted by atomic mass is 79.9. The molecule has 1 aliphatic rings. The summed E-state index contributed by atoms with van der Waals surface area (Å²) < 4.78 is 5.78. The molecule has 0 N–H and O–H groups in total. The lowest BCUT2D eigenvalue weighted by atomic mass is 10.2. The maximum atomic E-state index is 12.4. The van der Waals surface area contributed by atoms with Gasteiger partial charge < -0.3 is 4.74 Å². The van der Waals surface area contributed by atoms with Crippen LogP contribution in [0, 0.1) is 11.3 Å². The monoisotopic (exact) mass is 380 g/mol. The van der Waals surface area contributed by atoms with Gasteiger partial charge in [-0.25, -0.2) is 4.79 Å². The summed E-state index contributed by atoms with van der Waals surface area (Å²) in [5.41, 5.74) is 0.463. The van der Waals surface area contributed by atoms with Crippen molar-refractivity contribution in [3.63, 3.8) is 0 Å². The Kier molecular flexibility index (Phi) is 5.27. The van der Waals surface area contributed by atoms with Gasteiger partial charge in [0, 0.05) is 10.2 Å². The van der Waals surface area contributed by atoms with E-state index in [2.05, 4.69) is 15.9 Å². The molecule has 0 spiro atoms. The fourth-order valence-corrected chi connectivity index (χ4v) is 3.29. The molecule has 0 aromatic heterocycles. The molecule has 1 saturated heterocycles. The molecule has 5 nitrogen and oxygen atoms in total. The molecule has 1 fully saturated rings. The Morgan fingerprint density at radius 2 is 2.09 bits per heavy atom. The van der Waals surface area contributed by atoms with E-state index in [0.29, 0.717) is 10.7 Å². The van der Waals surface area contributed by atoms with E-state index in [1.165, 1.54) is 16.7 Å². The number of thioether (sulfide) groups is 1. The first-order valence-corrected chi connectivity index (χ1v) is 8.24. The molecule has 1 aromatic carbocycles. The van der Waals surface area contributed by atoms with Gasteiger partial charge in [0.25, 0.3) is 0 Å². The number of rotatable bonds is 3. The highest BCUT2D eigenvalue weighted by Gasteiger charge is 2.38. The average molecular weight is 381 g/mol. The first kappa shape index (κ1) is 16.6. The number of carbonyl (C=O) groups is 2. The summed E-state index contributed by atoms with van der Waals surface area (Å²) in [6.45, 7) is 3.58. The summed E-state index contributed by atoms with van der Waals surface area (Å²) in [6.07, 6.45) is 0. The van der Waals surface area contributed by atoms with Crippen LogP contribution >= 0.6 is 27.7 Å². The SMILES string of the molecule is CCOC(=O)/C(C#N)=C1/S[C@H](C)C(=O)N1c1ccc(Br)cc1. The van der Waals surface area contributed by atoms with Crippen molar-refractivity contribution >= 4 is 45.3 Å². The molecule has 0 unspecified atom stereocenters. The molecule has 0 aliphatic carbocycles. The second-order valence-corrected chi connectivity index (χ2v) is 6.67. The number of esters is 1. The number of nitrogens with zero attached hydrogens (tertiary/aromatic N) is 2. The van der Waals surface area contributed by atoms with Crippen molar-refractivity contribution in [2.75, 3.05) is 11.5 Å². The molecular formula is C15H13BrN2O3S. The largest absolute Gasteiger partial charge is 0.462 e. The summed E-state index contributed by atoms with van der Waals surface area (Å²) in [4.78, 5) is 25.7. The van der Waals surface area contributed by atoms with E-state index in [1.54, 1.807) is 38.1 Å². The minimum atomic E-state index is -0.712. The molecule has 1 amide bonds. The maximum Gasteiger partial charge on any atom is 0.351 e. The van der Waals surface area contributed by atoms with Gasteiger partial charge in [0.05, 0.1) is 11.9 Å². The zero-order chi connectivity index (χ0) is 16.3. The van der Waals surface area contributed by atoms with E-state index in [9.17, 15) is 14.9 Å². The van der Waals surface area contributed by atoms with Gasteiger partial charge in [0.1, 0.15) is 11.1 Å². The molecule has 22 heavy (non-hydrogen) atoms. The number of amides is 1. The van der Waals surface area contributed by atoms with Crippen LogP contribution in [0.15, 0.2) is 39.3 Å². The van der Waals surface area contributed by atoms with Gasteiger partial charge in [-0.3, -0.25) is 9.69 Å². The third-order valence-corrected chi connectivity index (χ3v) is 4.64. The Hall–Kier alpha value is -1.78. The fraction of sp³-hybridized carbons (Fsp3) is 0.267. The third-order valence-electron chi connectivity index (χ3n) is 2.95. The topological polar surface area (TPSA) is 70.4 Å². The maximum absolute atomic E-state index is 12.4. The molecule has 0 bridgehead atoms. The Balaban J connectivity index is 2.52. The Bertz CT molecular complexity index is 679. The van der Waals surface area contributed by atoms with Crippen LogP contribution in [0.3, 0.4) is 0 Å². The zero-order valence-electron chi connectivity index (χ0n) is 12.0. The zero-order valence-corrected chi connectivity index (χ0v) is 14.4. The quantitative estimate of drug-likeness (QED) is 0.457. The third kappa shape index (κ3) is 3.18. The molecule has 0 radical (unpaired) electrons. The van der Waals surface area contributed by atoms with Crippen LogP contribution in [-0.2, 0) is 14.3 Å². The molecule has 7 heteroatoms. The van der Waals surface area contributed by atoms with E-state index in [1.807, 2.05) is 6.07 Å². The van der Waals surface area contributed by atoms with Gasteiger partial charge in [-0.05, 0) is 38.1 Å². The first-order chi connectivity index (χ1) is 10.5. The van der Waals surface area contributed by atoms with Crippen molar-refractivity contribution in [2.45, 2.75) is 19.1 Å². The number of ether oxygens (including phenoxy) is 1. The highest BCUT2D eigenvalue weighted by molar-refractivity contribution is 9.10. The van der Waals surface area contributed by atoms with E-state index in [4.69, 9.17) is 4.74 Å². The molecule has 2 rings (SSSR count). The number of hydrogen-bond donors (Lipinski definition) is 0. The number of nitriles is 1. The fourth-order valence-electron chi connectivity index (χ4n) is 1.94. The van der Waals surface area contributed by atoms with Crippen LogP contribution in [0.25, 0.3) is 0 Å². The average Bonchev–Trinajstić information content (AvgIpc) is 2.77.